The molecule has 0 aromatic carbocycles. The third kappa shape index (κ3) is 0.663. The Kier molecular flexibility index (Phi) is 1.02. The Morgan fingerprint density at radius 3 is 3.33 bits per heavy atom. The fourth-order valence-electron chi connectivity index (χ4n) is 1.08. The lowest BCUT2D eigenvalue weighted by atomic mass is 10.1. The maximum Gasteiger partial charge on any atom is 0.133 e. The second kappa shape index (κ2) is 1.74. The van der Waals surface area contributed by atoms with E-state index in [2.05, 4.69) is 17.7 Å². The van der Waals surface area contributed by atoms with Gasteiger partial charge in [-0.15, -0.1) is 11.3 Å². The van der Waals surface area contributed by atoms with E-state index in [9.17, 15) is 0 Å². The molecule has 1 aliphatic heterocycles. The number of thiophene rings is 1. The maximum atomic E-state index is 5.36. The van der Waals surface area contributed by atoms with Crippen LogP contribution >= 0.6 is 11.3 Å². The SMILES string of the molecule is CC1COc2cscc21. The molecule has 9 heavy (non-hydrogen) atoms. The molecule has 0 fully saturated rings. The number of hydrogen-bond acceptors (Lipinski definition) is 2. The zero-order chi connectivity index (χ0) is 6.27. The molecule has 0 spiro atoms. The average Bonchev–Trinajstić information content (AvgIpc) is 2.35. The molecule has 48 valence electrons. The summed E-state index contributed by atoms with van der Waals surface area (Å²) in [6.45, 7) is 3.07. The highest BCUT2D eigenvalue weighted by atomic mass is 32.1. The van der Waals surface area contributed by atoms with Crippen LogP contribution in [-0.4, -0.2) is 6.61 Å². The summed E-state index contributed by atoms with van der Waals surface area (Å²) >= 11 is 1.72. The second-order valence-electron chi connectivity index (χ2n) is 2.40. The van der Waals surface area contributed by atoms with Crippen molar-refractivity contribution in [2.24, 2.45) is 0 Å². The summed E-state index contributed by atoms with van der Waals surface area (Å²) in [5.41, 5.74) is 1.39. The van der Waals surface area contributed by atoms with Gasteiger partial charge in [-0.3, -0.25) is 0 Å². The van der Waals surface area contributed by atoms with Crippen LogP contribution in [0, 0.1) is 0 Å². The first kappa shape index (κ1) is 5.30. The van der Waals surface area contributed by atoms with Crippen molar-refractivity contribution in [2.45, 2.75) is 12.8 Å². The van der Waals surface area contributed by atoms with Crippen LogP contribution in [0.4, 0.5) is 0 Å². The predicted octanol–water partition coefficient (Wildman–Crippen LogP) is 2.24. The van der Waals surface area contributed by atoms with Gasteiger partial charge in [0.2, 0.25) is 0 Å². The van der Waals surface area contributed by atoms with E-state index >= 15 is 0 Å². The van der Waals surface area contributed by atoms with Crippen molar-refractivity contribution < 1.29 is 4.74 Å². The van der Waals surface area contributed by atoms with Crippen LogP contribution in [0.1, 0.15) is 18.4 Å². The van der Waals surface area contributed by atoms with Gasteiger partial charge in [-0.1, -0.05) is 6.92 Å². The minimum absolute atomic E-state index is 0.617. The Morgan fingerprint density at radius 1 is 1.67 bits per heavy atom. The summed E-state index contributed by atoms with van der Waals surface area (Å²) < 4.78 is 5.36. The van der Waals surface area contributed by atoms with Gasteiger partial charge in [0, 0.05) is 16.9 Å². The van der Waals surface area contributed by atoms with Crippen LogP contribution in [-0.2, 0) is 0 Å². The minimum Gasteiger partial charge on any atom is -0.492 e. The molecule has 1 aliphatic rings. The van der Waals surface area contributed by atoms with Crippen LogP contribution in [0.15, 0.2) is 10.8 Å². The van der Waals surface area contributed by atoms with E-state index in [1.54, 1.807) is 11.3 Å². The molecule has 0 aliphatic carbocycles. The van der Waals surface area contributed by atoms with Gasteiger partial charge in [0.15, 0.2) is 0 Å². The first-order valence-electron chi connectivity index (χ1n) is 3.07. The normalized spacial score (nSPS) is 23.4. The van der Waals surface area contributed by atoms with E-state index in [4.69, 9.17) is 4.74 Å². The monoisotopic (exact) mass is 140 g/mol. The van der Waals surface area contributed by atoms with Crippen molar-refractivity contribution >= 4 is 11.3 Å². The Balaban J connectivity index is 2.49. The van der Waals surface area contributed by atoms with Gasteiger partial charge >= 0.3 is 0 Å². The molecule has 0 amide bonds. The first-order chi connectivity index (χ1) is 4.38. The van der Waals surface area contributed by atoms with Crippen LogP contribution in [0.5, 0.6) is 5.75 Å². The van der Waals surface area contributed by atoms with Gasteiger partial charge in [-0.2, -0.15) is 0 Å². The summed E-state index contributed by atoms with van der Waals surface area (Å²) in [6.07, 6.45) is 0. The lowest BCUT2D eigenvalue weighted by Crippen LogP contribution is -1.93. The fourth-order valence-corrected chi connectivity index (χ4v) is 1.97. The van der Waals surface area contributed by atoms with Crippen molar-refractivity contribution in [1.82, 2.24) is 0 Å². The van der Waals surface area contributed by atoms with Crippen molar-refractivity contribution in [3.63, 3.8) is 0 Å². The standard InChI is InChI=1S/C7H8OS/c1-5-2-8-7-4-9-3-6(5)7/h3-5H,2H2,1H3. The number of hydrogen-bond donors (Lipinski definition) is 0. The third-order valence-electron chi connectivity index (χ3n) is 1.67. The average molecular weight is 140 g/mol. The maximum absolute atomic E-state index is 5.36. The summed E-state index contributed by atoms with van der Waals surface area (Å²) in [4.78, 5) is 0. The Bertz CT molecular complexity index is 216. The lowest BCUT2D eigenvalue weighted by Gasteiger charge is -1.93. The van der Waals surface area contributed by atoms with E-state index in [0.29, 0.717) is 5.92 Å². The van der Waals surface area contributed by atoms with Gasteiger partial charge in [-0.25, -0.2) is 0 Å². The molecular formula is C7H8OS. The molecule has 2 heteroatoms. The smallest absolute Gasteiger partial charge is 0.133 e. The topological polar surface area (TPSA) is 9.23 Å². The summed E-state index contributed by atoms with van der Waals surface area (Å²) in [5, 5.41) is 4.24. The number of ether oxygens (including phenoxy) is 1. The van der Waals surface area contributed by atoms with E-state index < -0.39 is 0 Å². The molecule has 1 atom stereocenters. The summed E-state index contributed by atoms with van der Waals surface area (Å²) in [7, 11) is 0. The van der Waals surface area contributed by atoms with Crippen LogP contribution in [0.25, 0.3) is 0 Å². The molecule has 2 rings (SSSR count). The third-order valence-corrected chi connectivity index (χ3v) is 2.41. The number of fused-ring (bicyclic) bond motifs is 1. The van der Waals surface area contributed by atoms with Crippen molar-refractivity contribution in [1.29, 1.82) is 0 Å². The zero-order valence-corrected chi connectivity index (χ0v) is 6.07. The summed E-state index contributed by atoms with van der Waals surface area (Å²) in [5.74, 6) is 1.72. The molecule has 0 saturated heterocycles. The molecule has 1 aromatic rings. The van der Waals surface area contributed by atoms with E-state index in [0.717, 1.165) is 12.4 Å². The molecular weight excluding hydrogens is 132 g/mol. The van der Waals surface area contributed by atoms with E-state index in [1.165, 1.54) is 5.56 Å². The zero-order valence-electron chi connectivity index (χ0n) is 5.26. The van der Waals surface area contributed by atoms with Crippen molar-refractivity contribution in [2.75, 3.05) is 6.61 Å². The highest BCUT2D eigenvalue weighted by molar-refractivity contribution is 7.08. The number of rotatable bonds is 0. The molecule has 0 N–H and O–H groups in total. The summed E-state index contributed by atoms with van der Waals surface area (Å²) in [6, 6.07) is 0. The Hall–Kier alpha value is -0.500. The fraction of sp³-hybridized carbons (Fsp3) is 0.429. The predicted molar refractivity (Wildman–Crippen MR) is 38.2 cm³/mol. The largest absolute Gasteiger partial charge is 0.492 e. The van der Waals surface area contributed by atoms with Crippen LogP contribution in [0.3, 0.4) is 0 Å². The first-order valence-corrected chi connectivity index (χ1v) is 4.01. The second-order valence-corrected chi connectivity index (χ2v) is 3.15. The highest BCUT2D eigenvalue weighted by Gasteiger charge is 2.19. The molecule has 0 bridgehead atoms. The van der Waals surface area contributed by atoms with E-state index in [1.807, 2.05) is 0 Å². The van der Waals surface area contributed by atoms with Gasteiger partial charge < -0.3 is 4.74 Å². The van der Waals surface area contributed by atoms with E-state index in [-0.39, 0.29) is 0 Å². The molecule has 2 heterocycles. The van der Waals surface area contributed by atoms with Gasteiger partial charge in [0.25, 0.3) is 0 Å². The quantitative estimate of drug-likeness (QED) is 0.537. The molecule has 0 radical (unpaired) electrons. The van der Waals surface area contributed by atoms with Gasteiger partial charge in [0.1, 0.15) is 5.75 Å². The highest BCUT2D eigenvalue weighted by Crippen LogP contribution is 2.36. The molecule has 0 saturated carbocycles. The van der Waals surface area contributed by atoms with Crippen molar-refractivity contribution in [3.8, 4) is 5.75 Å². The van der Waals surface area contributed by atoms with Gasteiger partial charge in [-0.05, 0) is 5.38 Å². The van der Waals surface area contributed by atoms with Crippen molar-refractivity contribution in [3.05, 3.63) is 16.3 Å². The molecule has 1 aromatic heterocycles. The molecule has 1 nitrogen and oxygen atoms in total. The Labute approximate surface area is 58.3 Å². The lowest BCUT2D eigenvalue weighted by molar-refractivity contribution is 0.338. The Morgan fingerprint density at radius 2 is 2.56 bits per heavy atom. The van der Waals surface area contributed by atoms with Crippen LogP contribution < -0.4 is 4.74 Å². The molecule has 1 unspecified atom stereocenters. The van der Waals surface area contributed by atoms with Gasteiger partial charge in [0.05, 0.1) is 6.61 Å². The minimum atomic E-state index is 0.617. The van der Waals surface area contributed by atoms with Crippen LogP contribution in [0.2, 0.25) is 0 Å².